The molecule has 0 saturated heterocycles. The molecule has 25 heavy (non-hydrogen) atoms. The third kappa shape index (κ3) is 5.26. The number of amides is 2. The summed E-state index contributed by atoms with van der Waals surface area (Å²) in [6, 6.07) is 5.96. The van der Waals surface area contributed by atoms with Crippen LogP contribution in [-0.4, -0.2) is 35.3 Å². The Morgan fingerprint density at radius 2 is 2.00 bits per heavy atom. The maximum atomic E-state index is 12.9. The molecule has 138 valence electrons. The molecule has 5 nitrogen and oxygen atoms in total. The van der Waals surface area contributed by atoms with Crippen molar-refractivity contribution in [2.24, 2.45) is 11.7 Å². The maximum absolute atomic E-state index is 12.9. The van der Waals surface area contributed by atoms with Gasteiger partial charge in [-0.1, -0.05) is 25.0 Å². The number of halogens is 1. The monoisotopic (exact) mass is 349 g/mol. The molecule has 0 bridgehead atoms. The molecule has 0 aliphatic heterocycles. The molecular formula is C19H28FN3O2. The number of rotatable bonds is 6. The van der Waals surface area contributed by atoms with Crippen LogP contribution in [0, 0.1) is 11.7 Å². The van der Waals surface area contributed by atoms with Gasteiger partial charge in [-0.2, -0.15) is 0 Å². The first-order valence-corrected chi connectivity index (χ1v) is 8.92. The Balaban J connectivity index is 1.90. The SMILES string of the molecule is CCN(CC(=O)NCc1ccc(F)cc1)C(=O)C1CCCCC1(C)N. The van der Waals surface area contributed by atoms with Gasteiger partial charge in [-0.25, -0.2) is 4.39 Å². The third-order valence-corrected chi connectivity index (χ3v) is 4.98. The molecule has 3 N–H and O–H groups in total. The van der Waals surface area contributed by atoms with Gasteiger partial charge in [0.15, 0.2) is 0 Å². The Bertz CT molecular complexity index is 601. The van der Waals surface area contributed by atoms with Crippen LogP contribution in [-0.2, 0) is 16.1 Å². The fourth-order valence-corrected chi connectivity index (χ4v) is 3.36. The maximum Gasteiger partial charge on any atom is 0.239 e. The second kappa shape index (κ2) is 8.43. The first kappa shape index (κ1) is 19.4. The highest BCUT2D eigenvalue weighted by Gasteiger charge is 2.39. The van der Waals surface area contributed by atoms with Crippen molar-refractivity contribution in [1.29, 1.82) is 0 Å². The van der Waals surface area contributed by atoms with Gasteiger partial charge < -0.3 is 16.0 Å². The van der Waals surface area contributed by atoms with E-state index < -0.39 is 5.54 Å². The highest BCUT2D eigenvalue weighted by molar-refractivity contribution is 5.86. The molecule has 2 rings (SSSR count). The van der Waals surface area contributed by atoms with Gasteiger partial charge in [0.1, 0.15) is 5.82 Å². The molecule has 2 atom stereocenters. The summed E-state index contributed by atoms with van der Waals surface area (Å²) < 4.78 is 12.9. The number of carbonyl (C=O) groups is 2. The van der Waals surface area contributed by atoms with Gasteiger partial charge in [0, 0.05) is 18.6 Å². The summed E-state index contributed by atoms with van der Waals surface area (Å²) in [5.41, 5.74) is 6.62. The van der Waals surface area contributed by atoms with Crippen molar-refractivity contribution in [3.05, 3.63) is 35.6 Å². The summed E-state index contributed by atoms with van der Waals surface area (Å²) in [7, 11) is 0. The van der Waals surface area contributed by atoms with Crippen LogP contribution in [0.4, 0.5) is 4.39 Å². The smallest absolute Gasteiger partial charge is 0.239 e. The number of likely N-dealkylation sites (N-methyl/N-ethyl adjacent to an activating group) is 1. The predicted molar refractivity (Wildman–Crippen MR) is 95.1 cm³/mol. The predicted octanol–water partition coefficient (Wildman–Crippen LogP) is 2.20. The normalized spacial score (nSPS) is 23.1. The zero-order chi connectivity index (χ0) is 18.4. The lowest BCUT2D eigenvalue weighted by molar-refractivity contribution is -0.142. The standard InChI is InChI=1S/C19H28FN3O2/c1-3-23(18(25)16-6-4-5-11-19(16,2)21)13-17(24)22-12-14-7-9-15(20)10-8-14/h7-10,16H,3-6,11-13,21H2,1-2H3,(H,22,24). The van der Waals surface area contributed by atoms with Crippen molar-refractivity contribution < 1.29 is 14.0 Å². The van der Waals surface area contributed by atoms with Gasteiger partial charge in [-0.15, -0.1) is 0 Å². The number of hydrogen-bond donors (Lipinski definition) is 2. The highest BCUT2D eigenvalue weighted by Crippen LogP contribution is 2.32. The van der Waals surface area contributed by atoms with Crippen LogP contribution < -0.4 is 11.1 Å². The molecule has 1 aliphatic rings. The summed E-state index contributed by atoms with van der Waals surface area (Å²) in [4.78, 5) is 26.6. The fourth-order valence-electron chi connectivity index (χ4n) is 3.36. The number of nitrogens with zero attached hydrogens (tertiary/aromatic N) is 1. The summed E-state index contributed by atoms with van der Waals surface area (Å²) in [6.07, 6.45) is 3.65. The molecule has 2 amide bonds. The minimum absolute atomic E-state index is 0.0170. The molecule has 0 radical (unpaired) electrons. The Morgan fingerprint density at radius 1 is 1.32 bits per heavy atom. The van der Waals surface area contributed by atoms with Gasteiger partial charge in [0.25, 0.3) is 0 Å². The van der Waals surface area contributed by atoms with Crippen molar-refractivity contribution >= 4 is 11.8 Å². The Kier molecular flexibility index (Phi) is 6.53. The van der Waals surface area contributed by atoms with E-state index in [0.717, 1.165) is 31.2 Å². The average Bonchev–Trinajstić information content (AvgIpc) is 2.58. The topological polar surface area (TPSA) is 75.4 Å². The first-order valence-electron chi connectivity index (χ1n) is 8.92. The fraction of sp³-hybridized carbons (Fsp3) is 0.579. The molecule has 1 aromatic carbocycles. The molecule has 1 aromatic rings. The Labute approximate surface area is 148 Å². The summed E-state index contributed by atoms with van der Waals surface area (Å²) in [5, 5.41) is 2.78. The zero-order valence-corrected chi connectivity index (χ0v) is 15.1. The number of carbonyl (C=O) groups excluding carboxylic acids is 2. The lowest BCUT2D eigenvalue weighted by Gasteiger charge is -2.39. The van der Waals surface area contributed by atoms with E-state index in [4.69, 9.17) is 5.73 Å². The molecule has 0 spiro atoms. The quantitative estimate of drug-likeness (QED) is 0.827. The first-order chi connectivity index (χ1) is 11.8. The van der Waals surface area contributed by atoms with Crippen LogP contribution in [0.1, 0.15) is 45.1 Å². The van der Waals surface area contributed by atoms with Crippen molar-refractivity contribution in [3.63, 3.8) is 0 Å². The van der Waals surface area contributed by atoms with E-state index in [-0.39, 0.29) is 30.1 Å². The molecule has 6 heteroatoms. The van der Waals surface area contributed by atoms with E-state index in [1.54, 1.807) is 17.0 Å². The number of nitrogens with two attached hydrogens (primary N) is 1. The lowest BCUT2D eigenvalue weighted by Crippen LogP contribution is -2.54. The third-order valence-electron chi connectivity index (χ3n) is 4.98. The van der Waals surface area contributed by atoms with Crippen molar-refractivity contribution in [2.45, 2.75) is 51.6 Å². The van der Waals surface area contributed by atoms with Crippen LogP contribution in [0.5, 0.6) is 0 Å². The van der Waals surface area contributed by atoms with E-state index >= 15 is 0 Å². The molecule has 0 heterocycles. The number of hydrogen-bond acceptors (Lipinski definition) is 3. The summed E-state index contributed by atoms with van der Waals surface area (Å²) >= 11 is 0. The lowest BCUT2D eigenvalue weighted by atomic mass is 9.74. The average molecular weight is 349 g/mol. The van der Waals surface area contributed by atoms with Crippen molar-refractivity contribution in [3.8, 4) is 0 Å². The van der Waals surface area contributed by atoms with Crippen molar-refractivity contribution in [2.75, 3.05) is 13.1 Å². The van der Waals surface area contributed by atoms with E-state index in [0.29, 0.717) is 13.1 Å². The Morgan fingerprint density at radius 3 is 2.60 bits per heavy atom. The van der Waals surface area contributed by atoms with Gasteiger partial charge >= 0.3 is 0 Å². The van der Waals surface area contributed by atoms with Crippen LogP contribution in [0.15, 0.2) is 24.3 Å². The van der Waals surface area contributed by atoms with Gasteiger partial charge in [0.05, 0.1) is 12.5 Å². The summed E-state index contributed by atoms with van der Waals surface area (Å²) in [5.74, 6) is -0.806. The molecule has 1 aliphatic carbocycles. The Hall–Kier alpha value is -1.95. The van der Waals surface area contributed by atoms with Crippen LogP contribution in [0.25, 0.3) is 0 Å². The van der Waals surface area contributed by atoms with Gasteiger partial charge in [-0.05, 0) is 44.4 Å². The largest absolute Gasteiger partial charge is 0.350 e. The molecule has 1 fully saturated rings. The van der Waals surface area contributed by atoms with Gasteiger partial charge in [-0.3, -0.25) is 9.59 Å². The van der Waals surface area contributed by atoms with Crippen molar-refractivity contribution in [1.82, 2.24) is 10.2 Å². The van der Waals surface area contributed by atoms with E-state index in [9.17, 15) is 14.0 Å². The minimum Gasteiger partial charge on any atom is -0.350 e. The van der Waals surface area contributed by atoms with E-state index in [1.165, 1.54) is 12.1 Å². The number of nitrogens with one attached hydrogen (secondary N) is 1. The molecule has 0 aromatic heterocycles. The van der Waals surface area contributed by atoms with E-state index in [1.807, 2.05) is 13.8 Å². The molecule has 1 saturated carbocycles. The summed E-state index contributed by atoms with van der Waals surface area (Å²) in [6.45, 7) is 4.58. The van der Waals surface area contributed by atoms with E-state index in [2.05, 4.69) is 5.32 Å². The second-order valence-electron chi connectivity index (χ2n) is 7.06. The van der Waals surface area contributed by atoms with Gasteiger partial charge in [0.2, 0.25) is 11.8 Å². The zero-order valence-electron chi connectivity index (χ0n) is 15.1. The second-order valence-corrected chi connectivity index (χ2v) is 7.06. The van der Waals surface area contributed by atoms with Crippen LogP contribution in [0.3, 0.4) is 0 Å². The molecule has 2 unspecified atom stereocenters. The highest BCUT2D eigenvalue weighted by atomic mass is 19.1. The minimum atomic E-state index is -0.507. The van der Waals surface area contributed by atoms with Crippen LogP contribution >= 0.6 is 0 Å². The number of benzene rings is 1. The van der Waals surface area contributed by atoms with Crippen LogP contribution in [0.2, 0.25) is 0 Å². The molecular weight excluding hydrogens is 321 g/mol.